The number of anilines is 1. The fourth-order valence-electron chi connectivity index (χ4n) is 3.24. The number of fused-ring (bicyclic) bond motifs is 1. The standard InChI is InChI=1S/C18H19N3O3/c22-18(20-17-5-1-2-8-19-17)21-9-3-4-14(21)13-6-7-15-16(12-13)24-11-10-23-15/h1-2,5-8,12,14H,3-4,9-11H2,(H,19,20,22). The summed E-state index contributed by atoms with van der Waals surface area (Å²) in [7, 11) is 0. The maximum Gasteiger partial charge on any atom is 0.323 e. The summed E-state index contributed by atoms with van der Waals surface area (Å²) < 4.78 is 11.2. The van der Waals surface area contributed by atoms with Crippen molar-refractivity contribution in [2.45, 2.75) is 18.9 Å². The van der Waals surface area contributed by atoms with Gasteiger partial charge in [-0.05, 0) is 42.7 Å². The van der Waals surface area contributed by atoms with E-state index in [9.17, 15) is 4.79 Å². The molecule has 1 fully saturated rings. The zero-order valence-electron chi connectivity index (χ0n) is 13.3. The van der Waals surface area contributed by atoms with Crippen molar-refractivity contribution in [3.8, 4) is 11.5 Å². The smallest absolute Gasteiger partial charge is 0.323 e. The predicted molar refractivity (Wildman–Crippen MR) is 89.4 cm³/mol. The molecule has 0 spiro atoms. The zero-order valence-corrected chi connectivity index (χ0v) is 13.3. The molecule has 0 saturated carbocycles. The van der Waals surface area contributed by atoms with Crippen LogP contribution in [0.25, 0.3) is 0 Å². The van der Waals surface area contributed by atoms with Crippen LogP contribution in [0, 0.1) is 0 Å². The summed E-state index contributed by atoms with van der Waals surface area (Å²) >= 11 is 0. The van der Waals surface area contributed by atoms with E-state index < -0.39 is 0 Å². The topological polar surface area (TPSA) is 63.7 Å². The quantitative estimate of drug-likeness (QED) is 0.921. The normalized spacial score (nSPS) is 19.2. The number of pyridine rings is 1. The van der Waals surface area contributed by atoms with Gasteiger partial charge in [0.15, 0.2) is 11.5 Å². The van der Waals surface area contributed by atoms with Crippen LogP contribution in [-0.2, 0) is 0 Å². The molecule has 4 rings (SSSR count). The largest absolute Gasteiger partial charge is 0.486 e. The van der Waals surface area contributed by atoms with Crippen LogP contribution < -0.4 is 14.8 Å². The summed E-state index contributed by atoms with van der Waals surface area (Å²) in [4.78, 5) is 18.6. The van der Waals surface area contributed by atoms with Crippen molar-refractivity contribution in [1.29, 1.82) is 0 Å². The molecule has 3 heterocycles. The summed E-state index contributed by atoms with van der Waals surface area (Å²) in [5, 5.41) is 2.87. The van der Waals surface area contributed by atoms with E-state index in [4.69, 9.17) is 9.47 Å². The van der Waals surface area contributed by atoms with E-state index in [-0.39, 0.29) is 12.1 Å². The van der Waals surface area contributed by atoms with Gasteiger partial charge in [-0.3, -0.25) is 5.32 Å². The Balaban J connectivity index is 1.53. The van der Waals surface area contributed by atoms with Gasteiger partial charge in [-0.2, -0.15) is 0 Å². The number of aromatic nitrogens is 1. The Bertz CT molecular complexity index is 736. The number of nitrogens with one attached hydrogen (secondary N) is 1. The number of hydrogen-bond donors (Lipinski definition) is 1. The first-order valence-electron chi connectivity index (χ1n) is 8.19. The Kier molecular flexibility index (Phi) is 3.94. The molecule has 124 valence electrons. The number of ether oxygens (including phenoxy) is 2. The Hall–Kier alpha value is -2.76. The van der Waals surface area contributed by atoms with Crippen LogP contribution >= 0.6 is 0 Å². The van der Waals surface area contributed by atoms with Crippen molar-refractivity contribution in [3.05, 3.63) is 48.2 Å². The molecule has 1 aromatic carbocycles. The minimum atomic E-state index is -0.119. The number of amides is 2. The number of likely N-dealkylation sites (tertiary alicyclic amines) is 1. The highest BCUT2D eigenvalue weighted by molar-refractivity contribution is 5.88. The van der Waals surface area contributed by atoms with Crippen molar-refractivity contribution in [2.75, 3.05) is 25.1 Å². The third kappa shape index (κ3) is 2.87. The van der Waals surface area contributed by atoms with Gasteiger partial charge in [0.25, 0.3) is 0 Å². The Morgan fingerprint density at radius 3 is 2.88 bits per heavy atom. The number of benzene rings is 1. The molecule has 2 aliphatic rings. The molecule has 0 bridgehead atoms. The van der Waals surface area contributed by atoms with Crippen LogP contribution in [0.3, 0.4) is 0 Å². The average Bonchev–Trinajstić information content (AvgIpc) is 3.12. The van der Waals surface area contributed by atoms with Crippen molar-refractivity contribution in [3.63, 3.8) is 0 Å². The van der Waals surface area contributed by atoms with E-state index in [0.717, 1.165) is 36.4 Å². The molecular formula is C18H19N3O3. The number of urea groups is 1. The fourth-order valence-corrected chi connectivity index (χ4v) is 3.24. The number of carbonyl (C=O) groups is 1. The van der Waals surface area contributed by atoms with E-state index >= 15 is 0 Å². The molecule has 1 unspecified atom stereocenters. The summed E-state index contributed by atoms with van der Waals surface area (Å²) in [5.74, 6) is 2.10. The summed E-state index contributed by atoms with van der Waals surface area (Å²) in [6.45, 7) is 1.87. The van der Waals surface area contributed by atoms with Crippen LogP contribution in [0.15, 0.2) is 42.6 Å². The minimum absolute atomic E-state index is 0.0459. The maximum atomic E-state index is 12.6. The second kappa shape index (κ2) is 6.39. The number of rotatable bonds is 2. The van der Waals surface area contributed by atoms with E-state index in [0.29, 0.717) is 19.0 Å². The maximum absolute atomic E-state index is 12.6. The molecule has 2 aliphatic heterocycles. The fraction of sp³-hybridized carbons (Fsp3) is 0.333. The number of carbonyl (C=O) groups excluding carboxylic acids is 1. The highest BCUT2D eigenvalue weighted by Gasteiger charge is 2.31. The van der Waals surface area contributed by atoms with Crippen molar-refractivity contribution in [1.82, 2.24) is 9.88 Å². The zero-order chi connectivity index (χ0) is 16.4. The molecule has 6 nitrogen and oxygen atoms in total. The van der Waals surface area contributed by atoms with Crippen molar-refractivity contribution < 1.29 is 14.3 Å². The molecular weight excluding hydrogens is 306 g/mol. The van der Waals surface area contributed by atoms with Crippen molar-refractivity contribution >= 4 is 11.8 Å². The Morgan fingerprint density at radius 2 is 2.04 bits per heavy atom. The van der Waals surface area contributed by atoms with Gasteiger partial charge in [-0.25, -0.2) is 9.78 Å². The molecule has 2 aromatic rings. The van der Waals surface area contributed by atoms with E-state index in [1.54, 1.807) is 12.3 Å². The number of hydrogen-bond acceptors (Lipinski definition) is 4. The second-order valence-electron chi connectivity index (χ2n) is 5.90. The molecule has 0 aliphatic carbocycles. The van der Waals surface area contributed by atoms with Gasteiger partial charge in [0.05, 0.1) is 6.04 Å². The molecule has 6 heteroatoms. The molecule has 24 heavy (non-hydrogen) atoms. The first-order valence-corrected chi connectivity index (χ1v) is 8.19. The van der Waals surface area contributed by atoms with Crippen LogP contribution in [0.1, 0.15) is 24.4 Å². The van der Waals surface area contributed by atoms with Gasteiger partial charge in [0, 0.05) is 12.7 Å². The SMILES string of the molecule is O=C(Nc1ccccn1)N1CCCC1c1ccc2c(c1)OCCO2. The lowest BCUT2D eigenvalue weighted by molar-refractivity contribution is 0.170. The van der Waals surface area contributed by atoms with Crippen LogP contribution in [0.2, 0.25) is 0 Å². The highest BCUT2D eigenvalue weighted by atomic mass is 16.6. The average molecular weight is 325 g/mol. The van der Waals surface area contributed by atoms with Crippen LogP contribution in [-0.4, -0.2) is 35.7 Å². The molecule has 0 radical (unpaired) electrons. The monoisotopic (exact) mass is 325 g/mol. The number of nitrogens with zero attached hydrogens (tertiary/aromatic N) is 2. The predicted octanol–water partition coefficient (Wildman–Crippen LogP) is 3.22. The van der Waals surface area contributed by atoms with Gasteiger partial charge in [-0.1, -0.05) is 12.1 Å². The molecule has 1 saturated heterocycles. The van der Waals surface area contributed by atoms with E-state index in [2.05, 4.69) is 10.3 Å². The second-order valence-corrected chi connectivity index (χ2v) is 5.90. The van der Waals surface area contributed by atoms with Gasteiger partial charge in [-0.15, -0.1) is 0 Å². The first kappa shape index (κ1) is 14.8. The lowest BCUT2D eigenvalue weighted by atomic mass is 10.0. The molecule has 2 amide bonds. The van der Waals surface area contributed by atoms with Crippen LogP contribution in [0.5, 0.6) is 11.5 Å². The lowest BCUT2D eigenvalue weighted by Crippen LogP contribution is -2.34. The third-order valence-corrected chi connectivity index (χ3v) is 4.36. The summed E-state index contributed by atoms with van der Waals surface area (Å²) in [5.41, 5.74) is 1.08. The lowest BCUT2D eigenvalue weighted by Gasteiger charge is -2.26. The van der Waals surface area contributed by atoms with Gasteiger partial charge in [0.2, 0.25) is 0 Å². The van der Waals surface area contributed by atoms with Gasteiger partial charge < -0.3 is 14.4 Å². The molecule has 1 atom stereocenters. The van der Waals surface area contributed by atoms with Gasteiger partial charge >= 0.3 is 6.03 Å². The van der Waals surface area contributed by atoms with Gasteiger partial charge in [0.1, 0.15) is 19.0 Å². The first-order chi connectivity index (χ1) is 11.8. The third-order valence-electron chi connectivity index (χ3n) is 4.36. The molecule has 1 aromatic heterocycles. The summed E-state index contributed by atoms with van der Waals surface area (Å²) in [6.07, 6.45) is 3.59. The minimum Gasteiger partial charge on any atom is -0.486 e. The van der Waals surface area contributed by atoms with E-state index in [1.165, 1.54) is 0 Å². The Labute approximate surface area is 140 Å². The van der Waals surface area contributed by atoms with Crippen molar-refractivity contribution in [2.24, 2.45) is 0 Å². The van der Waals surface area contributed by atoms with Crippen LogP contribution in [0.4, 0.5) is 10.6 Å². The summed E-state index contributed by atoms with van der Waals surface area (Å²) in [6, 6.07) is 11.3. The highest BCUT2D eigenvalue weighted by Crippen LogP contribution is 2.38. The van der Waals surface area contributed by atoms with E-state index in [1.807, 2.05) is 35.2 Å². The molecule has 1 N–H and O–H groups in total. The Morgan fingerprint density at radius 1 is 1.17 bits per heavy atom.